The van der Waals surface area contributed by atoms with Gasteiger partial charge >= 0.3 is 23.1 Å². The molecule has 0 heterocycles. The molecule has 0 unspecified atom stereocenters. The van der Waals surface area contributed by atoms with E-state index in [-0.39, 0.29) is 25.9 Å². The molecule has 1 aromatic rings. The number of rotatable bonds is 0. The van der Waals surface area contributed by atoms with Gasteiger partial charge in [-0.05, 0) is 22.6 Å². The van der Waals surface area contributed by atoms with Gasteiger partial charge in [0.15, 0.2) is 23.3 Å². The van der Waals surface area contributed by atoms with E-state index < -0.39 is 32.7 Å². The molecule has 0 N–H and O–H groups in total. The number of benzene rings is 1. The molecule has 0 aromatic heterocycles. The second-order valence-corrected chi connectivity index (χ2v) is 2.96. The van der Waals surface area contributed by atoms with Crippen molar-refractivity contribution in [1.29, 1.82) is 0 Å². The maximum absolute atomic E-state index is 12.4. The SMILES string of the molecule is Fc1c(F)c(F)c(I)c(F)c1F.[H-].[H-].[Mg+2]. The normalized spacial score (nSPS) is 9.69. The van der Waals surface area contributed by atoms with Crippen molar-refractivity contribution < 1.29 is 24.8 Å². The molecule has 7 heteroatoms. The molecule has 13 heavy (non-hydrogen) atoms. The van der Waals surface area contributed by atoms with Crippen molar-refractivity contribution in [2.75, 3.05) is 0 Å². The van der Waals surface area contributed by atoms with E-state index in [1.165, 1.54) is 0 Å². The third kappa shape index (κ3) is 2.24. The van der Waals surface area contributed by atoms with E-state index in [4.69, 9.17) is 0 Å². The van der Waals surface area contributed by atoms with E-state index in [0.717, 1.165) is 22.6 Å². The summed E-state index contributed by atoms with van der Waals surface area (Å²) in [5, 5.41) is 0. The van der Waals surface area contributed by atoms with Gasteiger partial charge in [-0.3, -0.25) is 0 Å². The Kier molecular flexibility index (Phi) is 4.87. The van der Waals surface area contributed by atoms with Gasteiger partial charge in [-0.2, -0.15) is 0 Å². The van der Waals surface area contributed by atoms with E-state index in [0.29, 0.717) is 0 Å². The Labute approximate surface area is 103 Å². The van der Waals surface area contributed by atoms with Gasteiger partial charge in [0.1, 0.15) is 0 Å². The third-order valence-electron chi connectivity index (χ3n) is 1.16. The monoisotopic (exact) mass is 320 g/mol. The summed E-state index contributed by atoms with van der Waals surface area (Å²) in [7, 11) is 0. The fourth-order valence-electron chi connectivity index (χ4n) is 0.578. The Morgan fingerprint density at radius 1 is 0.692 bits per heavy atom. The molecule has 0 bridgehead atoms. The topological polar surface area (TPSA) is 0 Å². The molecule has 0 amide bonds. The molecule has 0 atom stereocenters. The first-order valence-corrected chi connectivity index (χ1v) is 3.71. The van der Waals surface area contributed by atoms with Crippen LogP contribution in [0.1, 0.15) is 2.85 Å². The van der Waals surface area contributed by atoms with Gasteiger partial charge in [0.2, 0.25) is 5.82 Å². The molecule has 0 saturated carbocycles. The van der Waals surface area contributed by atoms with Crippen molar-refractivity contribution in [2.45, 2.75) is 0 Å². The fourth-order valence-corrected chi connectivity index (χ4v) is 1.05. The zero-order valence-electron chi connectivity index (χ0n) is 7.97. The van der Waals surface area contributed by atoms with Crippen LogP contribution in [-0.4, -0.2) is 23.1 Å². The molecule has 0 nitrogen and oxygen atoms in total. The third-order valence-corrected chi connectivity index (χ3v) is 2.10. The van der Waals surface area contributed by atoms with Crippen molar-refractivity contribution in [2.24, 2.45) is 0 Å². The minimum absolute atomic E-state index is 0. The summed E-state index contributed by atoms with van der Waals surface area (Å²) in [6.45, 7) is 0. The molecule has 1 aromatic carbocycles. The summed E-state index contributed by atoms with van der Waals surface area (Å²) in [4.78, 5) is 0. The second kappa shape index (κ2) is 4.74. The van der Waals surface area contributed by atoms with Crippen LogP contribution >= 0.6 is 22.6 Å². The van der Waals surface area contributed by atoms with Crippen LogP contribution in [0.25, 0.3) is 0 Å². The molecule has 1 rings (SSSR count). The average molecular weight is 320 g/mol. The molecule has 0 saturated heterocycles. The van der Waals surface area contributed by atoms with Crippen LogP contribution < -0.4 is 0 Å². The quantitative estimate of drug-likeness (QED) is 0.227. The van der Waals surface area contributed by atoms with Gasteiger partial charge in [0.25, 0.3) is 0 Å². The Morgan fingerprint density at radius 3 is 1.23 bits per heavy atom. The summed E-state index contributed by atoms with van der Waals surface area (Å²) in [6.07, 6.45) is 0. The molecule has 0 spiro atoms. The molecule has 70 valence electrons. The van der Waals surface area contributed by atoms with Crippen molar-refractivity contribution >= 4 is 45.6 Å². The van der Waals surface area contributed by atoms with Crippen molar-refractivity contribution in [1.82, 2.24) is 0 Å². The van der Waals surface area contributed by atoms with Crippen LogP contribution in [0.3, 0.4) is 0 Å². The van der Waals surface area contributed by atoms with Gasteiger partial charge in [0, 0.05) is 0 Å². The number of hydrogen-bond acceptors (Lipinski definition) is 0. The van der Waals surface area contributed by atoms with Crippen LogP contribution in [0, 0.1) is 32.7 Å². The summed E-state index contributed by atoms with van der Waals surface area (Å²) in [5.41, 5.74) is 0. The van der Waals surface area contributed by atoms with E-state index >= 15 is 0 Å². The van der Waals surface area contributed by atoms with Gasteiger partial charge in [-0.25, -0.2) is 22.0 Å². The molecule has 0 fully saturated rings. The van der Waals surface area contributed by atoms with Crippen molar-refractivity contribution in [3.05, 3.63) is 32.7 Å². The van der Waals surface area contributed by atoms with Crippen LogP contribution in [0.5, 0.6) is 0 Å². The maximum Gasteiger partial charge on any atom is 2.00 e. The Balaban J connectivity index is -0.000000480. The van der Waals surface area contributed by atoms with E-state index in [9.17, 15) is 22.0 Å². The first kappa shape index (κ1) is 13.4. The fraction of sp³-hybridized carbons (Fsp3) is 0. The Morgan fingerprint density at radius 2 is 0.923 bits per heavy atom. The standard InChI is InChI=1S/C6F5I.Mg.2H/c7-1-2(8)4(10)6(12)5(11)3(1)9;;;/q;+2;2*-1. The molecule has 0 aliphatic carbocycles. The van der Waals surface area contributed by atoms with Gasteiger partial charge in [0.05, 0.1) is 3.57 Å². The summed E-state index contributed by atoms with van der Waals surface area (Å²) < 4.78 is 60.6. The summed E-state index contributed by atoms with van der Waals surface area (Å²) in [6, 6.07) is 0. The second-order valence-electron chi connectivity index (χ2n) is 1.88. The zero-order chi connectivity index (χ0) is 9.46. The van der Waals surface area contributed by atoms with Crippen LogP contribution in [0.2, 0.25) is 0 Å². The van der Waals surface area contributed by atoms with Crippen LogP contribution in [0.4, 0.5) is 22.0 Å². The molecule has 0 radical (unpaired) electrons. The van der Waals surface area contributed by atoms with Crippen molar-refractivity contribution in [3.8, 4) is 0 Å². The first-order chi connectivity index (χ1) is 5.46. The zero-order valence-corrected chi connectivity index (χ0v) is 9.55. The maximum atomic E-state index is 12.4. The number of halogens is 6. The smallest absolute Gasteiger partial charge is 1.00 e. The molecule has 0 aliphatic heterocycles. The van der Waals surface area contributed by atoms with Crippen LogP contribution in [0.15, 0.2) is 0 Å². The molecule has 0 aliphatic rings. The first-order valence-electron chi connectivity index (χ1n) is 2.63. The van der Waals surface area contributed by atoms with E-state index in [1.54, 1.807) is 0 Å². The molecular formula is C6H2F5IMg. The average Bonchev–Trinajstić information content (AvgIpc) is 2.08. The Hall–Kier alpha value is 0.366. The summed E-state index contributed by atoms with van der Waals surface area (Å²) >= 11 is 1.04. The number of hydrogen-bond donors (Lipinski definition) is 0. The van der Waals surface area contributed by atoms with Gasteiger partial charge < -0.3 is 2.85 Å². The van der Waals surface area contributed by atoms with Crippen molar-refractivity contribution in [3.63, 3.8) is 0 Å². The van der Waals surface area contributed by atoms with E-state index in [2.05, 4.69) is 0 Å². The predicted molar refractivity (Wildman–Crippen MR) is 46.9 cm³/mol. The van der Waals surface area contributed by atoms with Gasteiger partial charge in [-0.15, -0.1) is 0 Å². The van der Waals surface area contributed by atoms with Crippen LogP contribution in [-0.2, 0) is 0 Å². The van der Waals surface area contributed by atoms with Gasteiger partial charge in [-0.1, -0.05) is 0 Å². The minimum atomic E-state index is -2.13. The largest absolute Gasteiger partial charge is 2.00 e. The summed E-state index contributed by atoms with van der Waals surface area (Å²) in [5.74, 6) is -9.57. The predicted octanol–water partition coefficient (Wildman–Crippen LogP) is 2.83. The van der Waals surface area contributed by atoms with E-state index in [1.807, 2.05) is 0 Å². The minimum Gasteiger partial charge on any atom is -1.00 e. The Bertz CT molecular complexity index is 244. The molecular weight excluding hydrogens is 318 g/mol.